The van der Waals surface area contributed by atoms with Crippen molar-refractivity contribution >= 4 is 5.69 Å². The lowest BCUT2D eigenvalue weighted by molar-refractivity contribution is -0.137. The Balaban J connectivity index is 3.19. The molecule has 0 spiro atoms. The van der Waals surface area contributed by atoms with Crippen LogP contribution in [0.4, 0.5) is 18.9 Å². The number of benzene rings is 1. The van der Waals surface area contributed by atoms with Crippen molar-refractivity contribution in [1.29, 1.82) is 0 Å². The average molecular weight is 231 g/mol. The van der Waals surface area contributed by atoms with E-state index in [0.29, 0.717) is 12.1 Å². The van der Waals surface area contributed by atoms with Gasteiger partial charge < -0.3 is 4.90 Å². The molecule has 0 amide bonds. The van der Waals surface area contributed by atoms with Crippen LogP contribution in [0.2, 0.25) is 0 Å². The van der Waals surface area contributed by atoms with Crippen molar-refractivity contribution in [3.05, 3.63) is 29.3 Å². The fourth-order valence-electron chi connectivity index (χ4n) is 1.53. The largest absolute Gasteiger partial charge is 0.416 e. The first-order valence-corrected chi connectivity index (χ1v) is 5.23. The Bertz CT molecular complexity index is 356. The third kappa shape index (κ3) is 3.15. The van der Waals surface area contributed by atoms with E-state index in [4.69, 9.17) is 0 Å². The molecule has 1 aromatic carbocycles. The molecule has 0 fully saturated rings. The van der Waals surface area contributed by atoms with Crippen molar-refractivity contribution in [1.82, 2.24) is 0 Å². The molecule has 0 saturated heterocycles. The number of anilines is 1. The van der Waals surface area contributed by atoms with Gasteiger partial charge in [-0.1, -0.05) is 13.3 Å². The highest BCUT2D eigenvalue weighted by Gasteiger charge is 2.31. The van der Waals surface area contributed by atoms with Crippen molar-refractivity contribution in [2.24, 2.45) is 0 Å². The Morgan fingerprint density at radius 1 is 1.12 bits per heavy atom. The molecule has 4 heteroatoms. The summed E-state index contributed by atoms with van der Waals surface area (Å²) in [5.74, 6) is 0. The standard InChI is InChI=1S/C12H16F3N/c1-4-5-9-6-10(12(13,14)15)8-11(7-9)16(2)3/h6-8H,4-5H2,1-3H3. The Hall–Kier alpha value is -1.19. The molecule has 1 rings (SSSR count). The highest BCUT2D eigenvalue weighted by atomic mass is 19.4. The molecule has 0 saturated carbocycles. The number of hydrogen-bond acceptors (Lipinski definition) is 1. The highest BCUT2D eigenvalue weighted by Crippen LogP contribution is 2.32. The second kappa shape index (κ2) is 4.76. The molecule has 0 atom stereocenters. The van der Waals surface area contributed by atoms with E-state index in [-0.39, 0.29) is 0 Å². The topological polar surface area (TPSA) is 3.24 Å². The van der Waals surface area contributed by atoms with E-state index in [2.05, 4.69) is 0 Å². The van der Waals surface area contributed by atoms with Crippen LogP contribution in [0, 0.1) is 0 Å². The van der Waals surface area contributed by atoms with Crippen molar-refractivity contribution in [2.75, 3.05) is 19.0 Å². The van der Waals surface area contributed by atoms with E-state index in [1.165, 1.54) is 12.1 Å². The zero-order chi connectivity index (χ0) is 12.3. The minimum absolute atomic E-state index is 0.567. The molecule has 0 bridgehead atoms. The molecule has 0 aliphatic carbocycles. The van der Waals surface area contributed by atoms with Crippen LogP contribution in [0.3, 0.4) is 0 Å². The summed E-state index contributed by atoms with van der Waals surface area (Å²) in [6.07, 6.45) is -2.76. The van der Waals surface area contributed by atoms with Crippen LogP contribution >= 0.6 is 0 Å². The maximum absolute atomic E-state index is 12.6. The molecular formula is C12H16F3N. The van der Waals surface area contributed by atoms with Gasteiger partial charge >= 0.3 is 6.18 Å². The van der Waals surface area contributed by atoms with Gasteiger partial charge in [-0.3, -0.25) is 0 Å². The quantitative estimate of drug-likeness (QED) is 0.766. The predicted molar refractivity (Wildman–Crippen MR) is 59.8 cm³/mol. The molecule has 0 N–H and O–H groups in total. The maximum atomic E-state index is 12.6. The predicted octanol–water partition coefficient (Wildman–Crippen LogP) is 3.72. The SMILES string of the molecule is CCCc1cc(N(C)C)cc(C(F)(F)F)c1. The Labute approximate surface area is 93.9 Å². The van der Waals surface area contributed by atoms with Gasteiger partial charge in [-0.15, -0.1) is 0 Å². The molecule has 0 aliphatic rings. The molecule has 90 valence electrons. The first-order chi connectivity index (χ1) is 7.34. The molecule has 0 unspecified atom stereocenters. The zero-order valence-corrected chi connectivity index (χ0v) is 9.73. The second-order valence-electron chi connectivity index (χ2n) is 4.03. The summed E-state index contributed by atoms with van der Waals surface area (Å²) < 4.78 is 37.9. The summed E-state index contributed by atoms with van der Waals surface area (Å²) in [5.41, 5.74) is 0.765. The van der Waals surface area contributed by atoms with Gasteiger partial charge in [0.1, 0.15) is 0 Å². The fraction of sp³-hybridized carbons (Fsp3) is 0.500. The monoisotopic (exact) mass is 231 g/mol. The van der Waals surface area contributed by atoms with Crippen LogP contribution in [-0.2, 0) is 12.6 Å². The van der Waals surface area contributed by atoms with E-state index < -0.39 is 11.7 Å². The average Bonchev–Trinajstić information content (AvgIpc) is 2.16. The van der Waals surface area contributed by atoms with Gasteiger partial charge in [-0.25, -0.2) is 0 Å². The highest BCUT2D eigenvalue weighted by molar-refractivity contribution is 5.50. The van der Waals surface area contributed by atoms with Gasteiger partial charge in [0.25, 0.3) is 0 Å². The van der Waals surface area contributed by atoms with Gasteiger partial charge in [0.15, 0.2) is 0 Å². The lowest BCUT2D eigenvalue weighted by Gasteiger charge is -2.17. The number of rotatable bonds is 3. The maximum Gasteiger partial charge on any atom is 0.416 e. The van der Waals surface area contributed by atoms with Crippen molar-refractivity contribution in [2.45, 2.75) is 25.9 Å². The lowest BCUT2D eigenvalue weighted by atomic mass is 10.0. The molecule has 1 aromatic rings. The third-order valence-corrected chi connectivity index (χ3v) is 2.36. The van der Waals surface area contributed by atoms with Crippen LogP contribution in [0.25, 0.3) is 0 Å². The van der Waals surface area contributed by atoms with Crippen LogP contribution < -0.4 is 4.90 Å². The van der Waals surface area contributed by atoms with E-state index in [0.717, 1.165) is 12.0 Å². The smallest absolute Gasteiger partial charge is 0.378 e. The lowest BCUT2D eigenvalue weighted by Crippen LogP contribution is -2.12. The molecule has 16 heavy (non-hydrogen) atoms. The zero-order valence-electron chi connectivity index (χ0n) is 9.73. The molecule has 0 aromatic heterocycles. The summed E-state index contributed by atoms with van der Waals surface area (Å²) in [7, 11) is 3.48. The number of alkyl halides is 3. The molecule has 0 radical (unpaired) electrons. The van der Waals surface area contributed by atoms with E-state index in [9.17, 15) is 13.2 Å². The Morgan fingerprint density at radius 3 is 2.19 bits per heavy atom. The first-order valence-electron chi connectivity index (χ1n) is 5.23. The van der Waals surface area contributed by atoms with Gasteiger partial charge in [0.05, 0.1) is 5.56 Å². The number of aryl methyl sites for hydroxylation is 1. The van der Waals surface area contributed by atoms with Crippen molar-refractivity contribution < 1.29 is 13.2 Å². The minimum atomic E-state index is -4.27. The summed E-state index contributed by atoms with van der Waals surface area (Å²) >= 11 is 0. The fourth-order valence-corrected chi connectivity index (χ4v) is 1.53. The third-order valence-electron chi connectivity index (χ3n) is 2.36. The van der Waals surface area contributed by atoms with Crippen molar-refractivity contribution in [3.63, 3.8) is 0 Å². The van der Waals surface area contributed by atoms with E-state index in [1.54, 1.807) is 25.1 Å². The minimum Gasteiger partial charge on any atom is -0.378 e. The molecular weight excluding hydrogens is 215 g/mol. The van der Waals surface area contributed by atoms with Crippen LogP contribution in [0.5, 0.6) is 0 Å². The Morgan fingerprint density at radius 2 is 1.75 bits per heavy atom. The number of hydrogen-bond donors (Lipinski definition) is 0. The molecule has 0 aliphatic heterocycles. The van der Waals surface area contributed by atoms with Crippen LogP contribution in [0.1, 0.15) is 24.5 Å². The van der Waals surface area contributed by atoms with E-state index >= 15 is 0 Å². The van der Waals surface area contributed by atoms with Gasteiger partial charge in [0.2, 0.25) is 0 Å². The molecule has 0 heterocycles. The van der Waals surface area contributed by atoms with Gasteiger partial charge in [0, 0.05) is 19.8 Å². The summed E-state index contributed by atoms with van der Waals surface area (Å²) in [6.45, 7) is 1.95. The number of halogens is 3. The van der Waals surface area contributed by atoms with E-state index in [1.807, 2.05) is 6.92 Å². The summed E-state index contributed by atoms with van der Waals surface area (Å²) in [6, 6.07) is 4.22. The van der Waals surface area contributed by atoms with Crippen LogP contribution in [0.15, 0.2) is 18.2 Å². The number of nitrogens with zero attached hydrogens (tertiary/aromatic N) is 1. The second-order valence-corrected chi connectivity index (χ2v) is 4.03. The normalized spacial score (nSPS) is 11.6. The Kier molecular flexibility index (Phi) is 3.83. The summed E-state index contributed by atoms with van der Waals surface area (Å²) in [5, 5.41) is 0. The first kappa shape index (κ1) is 12.9. The van der Waals surface area contributed by atoms with Crippen LogP contribution in [-0.4, -0.2) is 14.1 Å². The van der Waals surface area contributed by atoms with Crippen molar-refractivity contribution in [3.8, 4) is 0 Å². The van der Waals surface area contributed by atoms with Gasteiger partial charge in [-0.05, 0) is 30.2 Å². The van der Waals surface area contributed by atoms with Gasteiger partial charge in [-0.2, -0.15) is 13.2 Å². The molecule has 1 nitrogen and oxygen atoms in total. The summed E-state index contributed by atoms with van der Waals surface area (Å²) in [4.78, 5) is 1.69.